The van der Waals surface area contributed by atoms with Crippen LogP contribution in [0.25, 0.3) is 0 Å². The van der Waals surface area contributed by atoms with Gasteiger partial charge in [0.05, 0.1) is 31.4 Å². The summed E-state index contributed by atoms with van der Waals surface area (Å²) in [6, 6.07) is 18.1. The van der Waals surface area contributed by atoms with Crippen LogP contribution in [0.1, 0.15) is 79.9 Å². The van der Waals surface area contributed by atoms with E-state index in [4.69, 9.17) is 37.1 Å². The first-order chi connectivity index (χ1) is 21.6. The van der Waals surface area contributed by atoms with E-state index < -0.39 is 32.0 Å². The molecule has 1 amide bonds. The molecule has 1 aliphatic carbocycles. The summed E-state index contributed by atoms with van der Waals surface area (Å²) >= 11 is 12.9. The number of morpholine rings is 1. The number of carbonyl (C=O) groups excluding carboxylic acids is 2. The molecule has 0 spiro atoms. The van der Waals surface area contributed by atoms with Gasteiger partial charge in [-0.15, -0.1) is 0 Å². The number of aromatic nitrogens is 1. The van der Waals surface area contributed by atoms with Crippen LogP contribution in [0.5, 0.6) is 0 Å². The molecule has 1 aliphatic heterocycles. The lowest BCUT2D eigenvalue weighted by Gasteiger charge is -2.52. The lowest BCUT2D eigenvalue weighted by Crippen LogP contribution is -2.62. The summed E-state index contributed by atoms with van der Waals surface area (Å²) < 4.78 is 18.7. The molecule has 0 radical (unpaired) electrons. The van der Waals surface area contributed by atoms with E-state index in [1.54, 1.807) is 12.1 Å². The molecule has 2 fully saturated rings. The summed E-state index contributed by atoms with van der Waals surface area (Å²) in [5.41, 5.74) is 1.47. The summed E-state index contributed by atoms with van der Waals surface area (Å²) in [4.78, 5) is 33.7. The Labute approximate surface area is 283 Å². The molecule has 0 bridgehead atoms. The molecule has 1 saturated heterocycles. The van der Waals surface area contributed by atoms with Gasteiger partial charge in [0.25, 0.3) is 5.91 Å². The molecule has 4 atom stereocenters. The van der Waals surface area contributed by atoms with E-state index in [9.17, 15) is 4.79 Å². The van der Waals surface area contributed by atoms with Crippen molar-refractivity contribution >= 4 is 43.4 Å². The maximum Gasteiger partial charge on any atom is 0.339 e. The summed E-state index contributed by atoms with van der Waals surface area (Å²) in [7, 11) is -0.803. The van der Waals surface area contributed by atoms with Gasteiger partial charge in [-0.05, 0) is 91.3 Å². The average Bonchev–Trinajstić information content (AvgIpc) is 3.85. The van der Waals surface area contributed by atoms with E-state index in [0.717, 1.165) is 24.0 Å². The number of ether oxygens (including phenoxy) is 2. The number of hydrogen-bond donors (Lipinski definition) is 0. The highest BCUT2D eigenvalue weighted by molar-refractivity contribution is 6.74. The zero-order valence-corrected chi connectivity index (χ0v) is 30.2. The Balaban J connectivity index is 1.62. The van der Waals surface area contributed by atoms with Crippen molar-refractivity contribution in [3.63, 3.8) is 0 Å². The van der Waals surface area contributed by atoms with E-state index >= 15 is 4.79 Å². The molecule has 3 aromatic rings. The molecule has 0 N–H and O–H groups in total. The van der Waals surface area contributed by atoms with Crippen molar-refractivity contribution in [3.05, 3.63) is 99.3 Å². The summed E-state index contributed by atoms with van der Waals surface area (Å²) in [6.07, 6.45) is 3.18. The first kappa shape index (κ1) is 34.6. The van der Waals surface area contributed by atoms with Gasteiger partial charge in [-0.1, -0.05) is 68.2 Å². The third-order valence-corrected chi connectivity index (χ3v) is 14.7. The highest BCUT2D eigenvalue weighted by Gasteiger charge is 2.55. The summed E-state index contributed by atoms with van der Waals surface area (Å²) in [5, 5.41) is 1.22. The Morgan fingerprint density at radius 2 is 1.76 bits per heavy atom. The van der Waals surface area contributed by atoms with Gasteiger partial charge in [-0.3, -0.25) is 9.78 Å². The number of hydrogen-bond acceptors (Lipinski definition) is 6. The third kappa shape index (κ3) is 7.36. The van der Waals surface area contributed by atoms with Gasteiger partial charge in [0.15, 0.2) is 13.9 Å². The Hall–Kier alpha value is -2.75. The Morgan fingerprint density at radius 3 is 2.33 bits per heavy atom. The lowest BCUT2D eigenvalue weighted by atomic mass is 9.85. The summed E-state index contributed by atoms with van der Waals surface area (Å²) in [6.45, 7) is 13.5. The SMILES string of the molecule is COC(=O)c1ccc(C[C@]2(C)O[C@H](c3cccc(Cl)c3)[C@@H](c3ccc(Cl)cc3)N([C@H](CO[Si](C)(C)C(C)(C)C)C3CC3)C2=O)nc1. The fourth-order valence-corrected chi connectivity index (χ4v) is 7.24. The number of rotatable bonds is 10. The van der Waals surface area contributed by atoms with E-state index in [0.29, 0.717) is 33.8 Å². The van der Waals surface area contributed by atoms with Gasteiger partial charge in [-0.25, -0.2) is 4.79 Å². The molecule has 1 saturated carbocycles. The van der Waals surface area contributed by atoms with Crippen molar-refractivity contribution in [1.82, 2.24) is 9.88 Å². The fourth-order valence-electron chi connectivity index (χ4n) is 5.89. The van der Waals surface area contributed by atoms with E-state index in [2.05, 4.69) is 38.8 Å². The van der Waals surface area contributed by atoms with Crippen LogP contribution in [-0.4, -0.2) is 55.4 Å². The van der Waals surface area contributed by atoms with Crippen LogP contribution < -0.4 is 0 Å². The Morgan fingerprint density at radius 1 is 1.07 bits per heavy atom. The number of benzene rings is 2. The topological polar surface area (TPSA) is 78.0 Å². The second-order valence-electron chi connectivity index (χ2n) is 14.2. The average molecular weight is 684 g/mol. The maximum atomic E-state index is 15.1. The lowest BCUT2D eigenvalue weighted by molar-refractivity contribution is -0.205. The van der Waals surface area contributed by atoms with Gasteiger partial charge in [0.2, 0.25) is 0 Å². The molecule has 7 nitrogen and oxygen atoms in total. The fraction of sp³-hybridized carbons (Fsp3) is 0.472. The highest BCUT2D eigenvalue weighted by Crippen LogP contribution is 2.51. The van der Waals surface area contributed by atoms with Crippen molar-refractivity contribution in [1.29, 1.82) is 0 Å². The van der Waals surface area contributed by atoms with Crippen LogP contribution in [0, 0.1) is 5.92 Å². The third-order valence-electron chi connectivity index (χ3n) is 9.76. The molecule has 46 heavy (non-hydrogen) atoms. The number of methoxy groups -OCH3 is 1. The second kappa shape index (κ2) is 13.4. The number of pyridine rings is 1. The van der Waals surface area contributed by atoms with E-state index in [-0.39, 0.29) is 23.4 Å². The highest BCUT2D eigenvalue weighted by atomic mass is 35.5. The Bertz CT molecular complexity index is 1560. The van der Waals surface area contributed by atoms with Gasteiger partial charge in [-0.2, -0.15) is 0 Å². The van der Waals surface area contributed by atoms with Crippen LogP contribution in [-0.2, 0) is 25.1 Å². The van der Waals surface area contributed by atoms with Crippen LogP contribution in [0.2, 0.25) is 28.2 Å². The van der Waals surface area contributed by atoms with Crippen molar-refractivity contribution in [2.45, 2.75) is 88.9 Å². The minimum Gasteiger partial charge on any atom is -0.465 e. The summed E-state index contributed by atoms with van der Waals surface area (Å²) in [5.74, 6) is -0.286. The predicted molar refractivity (Wildman–Crippen MR) is 184 cm³/mol. The van der Waals surface area contributed by atoms with Crippen LogP contribution in [0.3, 0.4) is 0 Å². The normalized spacial score (nSPS) is 22.9. The molecule has 0 unspecified atom stereocenters. The van der Waals surface area contributed by atoms with Gasteiger partial charge < -0.3 is 18.8 Å². The Kier molecular flexibility index (Phi) is 10.1. The number of amides is 1. The standard InChI is InChI=1S/C36H44Cl2N2O5Si/c1-35(2,3)46(6,7)44-22-30(23-11-12-23)40-31(24-13-16-27(37)17-14-24)32(25-9-8-10-28(38)19-25)45-36(4,34(40)42)20-29-18-15-26(21-39-29)33(41)43-5/h8-10,13-19,21,23,30-32H,11-12,20,22H2,1-7H3/t30-,31-,32-,36+/m1/s1. The number of nitrogens with zero attached hydrogens (tertiary/aromatic N) is 2. The van der Waals surface area contributed by atoms with Gasteiger partial charge >= 0.3 is 5.97 Å². The van der Waals surface area contributed by atoms with Gasteiger partial charge in [0, 0.05) is 28.4 Å². The molecule has 246 valence electrons. The quantitative estimate of drug-likeness (QED) is 0.157. The van der Waals surface area contributed by atoms with Crippen molar-refractivity contribution in [2.24, 2.45) is 5.92 Å². The minimum atomic E-state index is -2.13. The van der Waals surface area contributed by atoms with Crippen molar-refractivity contribution < 1.29 is 23.5 Å². The maximum absolute atomic E-state index is 15.1. The van der Waals surface area contributed by atoms with E-state index in [1.165, 1.54) is 13.3 Å². The number of esters is 1. The van der Waals surface area contributed by atoms with Gasteiger partial charge in [0.1, 0.15) is 6.10 Å². The number of halogens is 2. The van der Waals surface area contributed by atoms with Crippen molar-refractivity contribution in [3.8, 4) is 0 Å². The largest absolute Gasteiger partial charge is 0.465 e. The molecule has 2 aromatic carbocycles. The molecular formula is C36H44Cl2N2O5Si. The molecule has 10 heteroatoms. The first-order valence-corrected chi connectivity index (χ1v) is 19.5. The minimum absolute atomic E-state index is 0.0194. The first-order valence-electron chi connectivity index (χ1n) is 15.8. The molecule has 5 rings (SSSR count). The smallest absolute Gasteiger partial charge is 0.339 e. The monoisotopic (exact) mass is 682 g/mol. The zero-order valence-electron chi connectivity index (χ0n) is 27.7. The second-order valence-corrected chi connectivity index (χ2v) is 19.9. The molecule has 1 aromatic heterocycles. The molecule has 2 heterocycles. The van der Waals surface area contributed by atoms with Crippen molar-refractivity contribution in [2.75, 3.05) is 13.7 Å². The molecule has 2 aliphatic rings. The molecular weight excluding hydrogens is 639 g/mol. The van der Waals surface area contributed by atoms with Crippen LogP contribution in [0.15, 0.2) is 66.9 Å². The zero-order chi connectivity index (χ0) is 33.4. The number of carbonyl (C=O) groups is 2. The predicted octanol–water partition coefficient (Wildman–Crippen LogP) is 8.62. The van der Waals surface area contributed by atoms with Crippen LogP contribution in [0.4, 0.5) is 0 Å². The van der Waals surface area contributed by atoms with Crippen LogP contribution >= 0.6 is 23.2 Å². The van der Waals surface area contributed by atoms with E-state index in [1.807, 2.05) is 60.4 Å².